The first-order chi connectivity index (χ1) is 14.6. The van der Waals surface area contributed by atoms with Crippen LogP contribution in [0.1, 0.15) is 29.8 Å². The summed E-state index contributed by atoms with van der Waals surface area (Å²) in [6, 6.07) is 11.3. The van der Waals surface area contributed by atoms with Gasteiger partial charge in [-0.05, 0) is 36.4 Å². The van der Waals surface area contributed by atoms with Gasteiger partial charge < -0.3 is 9.80 Å². The van der Waals surface area contributed by atoms with Crippen molar-refractivity contribution >= 4 is 17.6 Å². The van der Waals surface area contributed by atoms with Gasteiger partial charge in [0.05, 0.1) is 11.5 Å². The van der Waals surface area contributed by atoms with Gasteiger partial charge in [-0.3, -0.25) is 14.6 Å². The average molecular weight is 436 g/mol. The Kier molecular flexibility index (Phi) is 6.72. The molecule has 0 bridgehead atoms. The highest BCUT2D eigenvalue weighted by Gasteiger charge is 2.30. The fraction of sp³-hybridized carbons (Fsp3) is 0.364. The van der Waals surface area contributed by atoms with Crippen molar-refractivity contribution in [2.24, 2.45) is 5.92 Å². The Morgan fingerprint density at radius 2 is 1.61 bits per heavy atom. The van der Waals surface area contributed by atoms with Crippen molar-refractivity contribution in [2.75, 3.05) is 31.1 Å². The Morgan fingerprint density at radius 1 is 0.968 bits per heavy atom. The lowest BCUT2D eigenvalue weighted by atomic mass is 10.1. The van der Waals surface area contributed by atoms with Crippen molar-refractivity contribution < 1.29 is 32.5 Å². The molecule has 1 aliphatic heterocycles. The average Bonchev–Trinajstić information content (AvgIpc) is 2.76. The van der Waals surface area contributed by atoms with Crippen molar-refractivity contribution in [2.45, 2.75) is 20.0 Å². The molecule has 0 aromatic heterocycles. The molecule has 31 heavy (non-hydrogen) atoms. The first-order valence-electron chi connectivity index (χ1n) is 9.85. The second-order valence-corrected chi connectivity index (χ2v) is 7.49. The van der Waals surface area contributed by atoms with E-state index in [0.29, 0.717) is 31.9 Å². The highest BCUT2D eigenvalue weighted by molar-refractivity contribution is 5.94. The smallest absolute Gasteiger partial charge is 0.368 e. The van der Waals surface area contributed by atoms with Crippen LogP contribution in [0.3, 0.4) is 0 Å². The number of hydrogen-bond donors (Lipinski definition) is 0. The largest absolute Gasteiger partial charge is 0.416 e. The minimum absolute atomic E-state index is 0.226. The van der Waals surface area contributed by atoms with Crippen LogP contribution in [-0.4, -0.2) is 43.0 Å². The van der Waals surface area contributed by atoms with Gasteiger partial charge in [-0.1, -0.05) is 19.9 Å². The number of alkyl halides is 3. The molecule has 0 aliphatic carbocycles. The van der Waals surface area contributed by atoms with Crippen molar-refractivity contribution in [3.63, 3.8) is 0 Å². The van der Waals surface area contributed by atoms with Crippen LogP contribution in [-0.2, 0) is 15.9 Å². The van der Waals surface area contributed by atoms with E-state index in [-0.39, 0.29) is 17.4 Å². The second-order valence-electron chi connectivity index (χ2n) is 7.49. The van der Waals surface area contributed by atoms with Crippen LogP contribution >= 0.6 is 0 Å². The molecule has 1 fully saturated rings. The van der Waals surface area contributed by atoms with Crippen molar-refractivity contribution in [1.29, 1.82) is 0 Å². The first-order valence-corrected chi connectivity index (χ1v) is 9.85. The maximum Gasteiger partial charge on any atom is 0.416 e. The minimum Gasteiger partial charge on any atom is -0.368 e. The number of hydrogen-bond acceptors (Lipinski definition) is 5. The summed E-state index contributed by atoms with van der Waals surface area (Å²) in [6.45, 7) is 5.34. The van der Waals surface area contributed by atoms with Gasteiger partial charge in [0, 0.05) is 43.5 Å². The number of benzene rings is 2. The first kappa shape index (κ1) is 22.5. The van der Waals surface area contributed by atoms with Crippen LogP contribution in [0.25, 0.3) is 0 Å². The van der Waals surface area contributed by atoms with E-state index in [1.165, 1.54) is 12.1 Å². The Labute approximate surface area is 178 Å². The molecule has 3 rings (SSSR count). The fourth-order valence-electron chi connectivity index (χ4n) is 3.07. The molecule has 0 atom stereocenters. The number of carbonyl (C=O) groups excluding carboxylic acids is 2. The number of amides is 1. The van der Waals surface area contributed by atoms with Gasteiger partial charge in [0.2, 0.25) is 0 Å². The van der Waals surface area contributed by atoms with Gasteiger partial charge in [-0.15, -0.1) is 0 Å². The van der Waals surface area contributed by atoms with Crippen LogP contribution in [0.4, 0.5) is 18.9 Å². The Bertz CT molecular complexity index is 921. The van der Waals surface area contributed by atoms with Gasteiger partial charge in [0.25, 0.3) is 5.91 Å². The number of carbonyl (C=O) groups is 2. The van der Waals surface area contributed by atoms with Gasteiger partial charge >= 0.3 is 12.1 Å². The van der Waals surface area contributed by atoms with Crippen molar-refractivity contribution in [3.8, 4) is 5.75 Å². The topological polar surface area (TPSA) is 59.1 Å². The Hall–Kier alpha value is -3.23. The molecule has 2 aromatic carbocycles. The molecule has 1 amide bonds. The highest BCUT2D eigenvalue weighted by atomic mass is 19.4. The third kappa shape index (κ3) is 5.68. The van der Waals surface area contributed by atoms with E-state index in [1.807, 2.05) is 11.0 Å². The molecular weight excluding hydrogens is 413 g/mol. The summed E-state index contributed by atoms with van der Waals surface area (Å²) in [5.41, 5.74) is 0.290. The summed E-state index contributed by atoms with van der Waals surface area (Å²) >= 11 is 0. The molecule has 6 nitrogen and oxygen atoms in total. The number of nitrogens with zero attached hydrogens (tertiary/aromatic N) is 2. The molecular formula is C22H23F3N2O4. The SMILES string of the molecule is CC(C)C(=O)OOc1cccc(N2CCN(C(=O)c3ccc(C(F)(F)F)cc3)CC2)c1. The quantitative estimate of drug-likeness (QED) is 0.520. The maximum absolute atomic E-state index is 12.7. The fourth-order valence-corrected chi connectivity index (χ4v) is 3.07. The van der Waals surface area contributed by atoms with Crippen LogP contribution in [0.5, 0.6) is 5.75 Å². The molecule has 1 heterocycles. The molecule has 0 saturated carbocycles. The molecule has 0 N–H and O–H groups in total. The van der Waals surface area contributed by atoms with Crippen molar-refractivity contribution in [1.82, 2.24) is 4.90 Å². The monoisotopic (exact) mass is 436 g/mol. The maximum atomic E-state index is 12.7. The summed E-state index contributed by atoms with van der Waals surface area (Å²) in [5.74, 6) is -0.694. The predicted molar refractivity (Wildman–Crippen MR) is 108 cm³/mol. The Balaban J connectivity index is 1.57. The highest BCUT2D eigenvalue weighted by Crippen LogP contribution is 2.29. The zero-order valence-electron chi connectivity index (χ0n) is 17.2. The van der Waals surface area contributed by atoms with Gasteiger partial charge in [0.15, 0.2) is 5.75 Å². The molecule has 1 saturated heterocycles. The van der Waals surface area contributed by atoms with E-state index in [4.69, 9.17) is 9.78 Å². The summed E-state index contributed by atoms with van der Waals surface area (Å²) in [6.07, 6.45) is -4.43. The van der Waals surface area contributed by atoms with E-state index >= 15 is 0 Å². The number of rotatable bonds is 5. The number of piperazine rings is 1. The summed E-state index contributed by atoms with van der Waals surface area (Å²) in [5, 5.41) is 0. The molecule has 0 spiro atoms. The molecule has 0 radical (unpaired) electrons. The summed E-state index contributed by atoms with van der Waals surface area (Å²) in [7, 11) is 0. The van der Waals surface area contributed by atoms with Crippen LogP contribution in [0, 0.1) is 5.92 Å². The van der Waals surface area contributed by atoms with Crippen molar-refractivity contribution in [3.05, 3.63) is 59.7 Å². The standard InChI is InChI=1S/C22H23F3N2O4/c1-15(2)21(29)31-30-19-5-3-4-18(14-19)26-10-12-27(13-11-26)20(28)16-6-8-17(9-7-16)22(23,24)25/h3-9,14-15H,10-13H2,1-2H3. The van der Waals surface area contributed by atoms with Gasteiger partial charge in [-0.2, -0.15) is 13.2 Å². The third-order valence-corrected chi connectivity index (χ3v) is 4.90. The van der Waals surface area contributed by atoms with E-state index in [9.17, 15) is 22.8 Å². The van der Waals surface area contributed by atoms with Gasteiger partial charge in [-0.25, -0.2) is 4.79 Å². The normalized spacial score (nSPS) is 14.5. The lowest BCUT2D eigenvalue weighted by Crippen LogP contribution is -2.48. The summed E-state index contributed by atoms with van der Waals surface area (Å²) < 4.78 is 38.1. The molecule has 0 unspecified atom stereocenters. The van der Waals surface area contributed by atoms with E-state index in [2.05, 4.69) is 0 Å². The zero-order valence-corrected chi connectivity index (χ0v) is 17.2. The predicted octanol–water partition coefficient (Wildman–Crippen LogP) is 4.16. The molecule has 1 aliphatic rings. The summed E-state index contributed by atoms with van der Waals surface area (Å²) in [4.78, 5) is 37.7. The molecule has 2 aromatic rings. The number of halogens is 3. The molecule has 166 valence electrons. The number of anilines is 1. The Morgan fingerprint density at radius 3 is 2.19 bits per heavy atom. The van der Waals surface area contributed by atoms with Crippen LogP contribution in [0.2, 0.25) is 0 Å². The van der Waals surface area contributed by atoms with E-state index in [1.54, 1.807) is 36.9 Å². The zero-order chi connectivity index (χ0) is 22.6. The lowest BCUT2D eigenvalue weighted by molar-refractivity contribution is -0.217. The minimum atomic E-state index is -4.43. The third-order valence-electron chi connectivity index (χ3n) is 4.90. The second kappa shape index (κ2) is 9.28. The van der Waals surface area contributed by atoms with E-state index in [0.717, 1.165) is 17.8 Å². The van der Waals surface area contributed by atoms with Crippen LogP contribution < -0.4 is 9.79 Å². The molecule has 9 heteroatoms. The van der Waals surface area contributed by atoms with Crippen LogP contribution in [0.15, 0.2) is 48.5 Å². The lowest BCUT2D eigenvalue weighted by Gasteiger charge is -2.36. The van der Waals surface area contributed by atoms with E-state index < -0.39 is 17.7 Å². The van der Waals surface area contributed by atoms with Gasteiger partial charge in [0.1, 0.15) is 0 Å².